The highest BCUT2D eigenvalue weighted by atomic mass is 127. The number of esters is 1. The second-order valence-corrected chi connectivity index (χ2v) is 9.81. The molecule has 0 saturated heterocycles. The summed E-state index contributed by atoms with van der Waals surface area (Å²) in [4.78, 5) is 42.0. The van der Waals surface area contributed by atoms with Gasteiger partial charge in [-0.25, -0.2) is 9.59 Å². The minimum absolute atomic E-state index is 0.0745. The van der Waals surface area contributed by atoms with Crippen molar-refractivity contribution in [2.45, 2.75) is 17.6 Å². The van der Waals surface area contributed by atoms with Gasteiger partial charge in [-0.15, -0.1) is 0 Å². The fourth-order valence-electron chi connectivity index (χ4n) is 5.00. The molecule has 8 heteroatoms. The first-order valence-corrected chi connectivity index (χ1v) is 12.4. The molecule has 0 N–H and O–H groups in total. The summed E-state index contributed by atoms with van der Waals surface area (Å²) in [6.45, 7) is 0.413. The van der Waals surface area contributed by atoms with Crippen molar-refractivity contribution >= 4 is 51.8 Å². The number of para-hydroxylation sites is 1. The Morgan fingerprint density at radius 1 is 0.944 bits per heavy atom. The van der Waals surface area contributed by atoms with Crippen molar-refractivity contribution in [2.24, 2.45) is 0 Å². The molecule has 0 saturated carbocycles. The Balaban J connectivity index is 1.64. The molecule has 0 unspecified atom stereocenters. The number of carbonyl (C=O) groups is 3. The third-order valence-electron chi connectivity index (χ3n) is 6.72. The Morgan fingerprint density at radius 3 is 2.28 bits per heavy atom. The van der Waals surface area contributed by atoms with Crippen LogP contribution in [0.4, 0.5) is 10.5 Å². The molecule has 0 fully saturated rings. The van der Waals surface area contributed by atoms with E-state index in [-0.39, 0.29) is 5.91 Å². The molecule has 7 nitrogen and oxygen atoms in total. The van der Waals surface area contributed by atoms with Gasteiger partial charge in [0.05, 0.1) is 23.5 Å². The highest BCUT2D eigenvalue weighted by Crippen LogP contribution is 2.52. The minimum atomic E-state index is -1.14. The van der Waals surface area contributed by atoms with Gasteiger partial charge in [0, 0.05) is 23.8 Å². The molecule has 36 heavy (non-hydrogen) atoms. The number of methoxy groups -OCH3 is 2. The first kappa shape index (κ1) is 24.1. The minimum Gasteiger partial charge on any atom is -0.466 e. The van der Waals surface area contributed by atoms with E-state index in [1.165, 1.54) is 25.2 Å². The second-order valence-electron chi connectivity index (χ2n) is 8.65. The zero-order valence-corrected chi connectivity index (χ0v) is 21.8. The van der Waals surface area contributed by atoms with E-state index in [1.54, 1.807) is 4.90 Å². The Morgan fingerprint density at radius 2 is 1.61 bits per heavy atom. The van der Waals surface area contributed by atoms with Gasteiger partial charge in [0.15, 0.2) is 0 Å². The number of ether oxygens (including phenoxy) is 2. The lowest BCUT2D eigenvalue weighted by molar-refractivity contribution is -0.134. The van der Waals surface area contributed by atoms with Gasteiger partial charge in [0.1, 0.15) is 11.1 Å². The number of anilines is 1. The van der Waals surface area contributed by atoms with Crippen LogP contribution in [0.1, 0.15) is 11.1 Å². The average Bonchev–Trinajstić information content (AvgIpc) is 3.29. The van der Waals surface area contributed by atoms with Gasteiger partial charge in [-0.1, -0.05) is 72.8 Å². The zero-order valence-electron chi connectivity index (χ0n) is 19.7. The maximum absolute atomic E-state index is 13.2. The quantitative estimate of drug-likeness (QED) is 0.221. The molecular formula is C28H23IN2O5. The van der Waals surface area contributed by atoms with Gasteiger partial charge >= 0.3 is 12.1 Å². The van der Waals surface area contributed by atoms with Gasteiger partial charge in [0.2, 0.25) is 0 Å². The summed E-state index contributed by atoms with van der Waals surface area (Å²) in [6.07, 6.45) is 10.3. The van der Waals surface area contributed by atoms with Crippen molar-refractivity contribution in [3.63, 3.8) is 0 Å². The molecule has 2 spiro atoms. The van der Waals surface area contributed by atoms with Gasteiger partial charge in [-0.2, -0.15) is 0 Å². The summed E-state index contributed by atoms with van der Waals surface area (Å²) in [6, 6.07) is 17.1. The molecule has 5 rings (SSSR count). The lowest BCUT2D eigenvalue weighted by Crippen LogP contribution is -2.51. The van der Waals surface area contributed by atoms with Gasteiger partial charge in [-0.05, 0) is 40.3 Å². The van der Waals surface area contributed by atoms with Crippen LogP contribution in [0.25, 0.3) is 5.57 Å². The third-order valence-corrected chi connectivity index (χ3v) is 7.50. The molecule has 2 aromatic carbocycles. The summed E-state index contributed by atoms with van der Waals surface area (Å²) in [7, 11) is 2.63. The first-order valence-electron chi connectivity index (χ1n) is 11.3. The van der Waals surface area contributed by atoms with Crippen LogP contribution in [0.15, 0.2) is 94.6 Å². The Bertz CT molecular complexity index is 1360. The number of halogens is 1. The van der Waals surface area contributed by atoms with Crippen LogP contribution in [0.2, 0.25) is 0 Å². The van der Waals surface area contributed by atoms with Gasteiger partial charge in [-0.3, -0.25) is 9.69 Å². The number of fused-ring (bicyclic) bond motifs is 1. The molecule has 3 aliphatic rings. The number of hydrogen-bond donors (Lipinski definition) is 0. The zero-order chi connectivity index (χ0) is 25.5. The number of carbonyl (C=O) groups excluding carboxylic acids is 3. The van der Waals surface area contributed by atoms with Gasteiger partial charge < -0.3 is 14.4 Å². The van der Waals surface area contributed by atoms with E-state index in [9.17, 15) is 14.4 Å². The lowest BCUT2D eigenvalue weighted by Gasteiger charge is -2.41. The van der Waals surface area contributed by atoms with E-state index in [4.69, 9.17) is 9.47 Å². The molecular weight excluding hydrogens is 571 g/mol. The van der Waals surface area contributed by atoms with Crippen LogP contribution in [0, 0.1) is 0 Å². The molecule has 0 bridgehead atoms. The molecule has 2 heterocycles. The van der Waals surface area contributed by atoms with Crippen LogP contribution in [-0.2, 0) is 25.6 Å². The number of rotatable bonds is 3. The van der Waals surface area contributed by atoms with E-state index < -0.39 is 23.1 Å². The fraction of sp³-hybridized carbons (Fsp3) is 0.179. The number of amides is 2. The molecule has 182 valence electrons. The van der Waals surface area contributed by atoms with E-state index in [1.807, 2.05) is 85.0 Å². The second kappa shape index (κ2) is 9.09. The predicted molar refractivity (Wildman–Crippen MR) is 144 cm³/mol. The lowest BCUT2D eigenvalue weighted by atomic mass is 9.79. The van der Waals surface area contributed by atoms with Crippen LogP contribution >= 0.6 is 22.6 Å². The van der Waals surface area contributed by atoms with E-state index in [0.29, 0.717) is 26.9 Å². The molecule has 2 aliphatic heterocycles. The first-order chi connectivity index (χ1) is 17.3. The molecule has 1 aliphatic carbocycles. The number of benzene rings is 2. The van der Waals surface area contributed by atoms with Crippen LogP contribution < -0.4 is 4.90 Å². The number of nitrogens with zero attached hydrogens (tertiary/aromatic N) is 2. The predicted octanol–water partition coefficient (Wildman–Crippen LogP) is 4.79. The molecule has 2 amide bonds. The average molecular weight is 594 g/mol. The largest absolute Gasteiger partial charge is 0.466 e. The third kappa shape index (κ3) is 3.67. The molecule has 0 atom stereocenters. The van der Waals surface area contributed by atoms with E-state index in [2.05, 4.69) is 22.6 Å². The summed E-state index contributed by atoms with van der Waals surface area (Å²) in [5.74, 6) is -0.612. The standard InChI is InChI=1S/C28H23IN2O5/c1-35-24(32)16-21-20-10-6-7-11-23(20)31(26(34)36-2)28(21)14-12-27(13-15-28)17-22(29)25(33)30(27)18-19-8-4-3-5-9-19/h3-17H,18H2,1-2H3/b21-16+. The fourth-order valence-corrected chi connectivity index (χ4v) is 5.79. The molecule has 2 aromatic rings. The van der Waals surface area contributed by atoms with Crippen LogP contribution in [-0.4, -0.2) is 48.2 Å². The van der Waals surface area contributed by atoms with Crippen LogP contribution in [0.3, 0.4) is 0 Å². The summed E-state index contributed by atoms with van der Waals surface area (Å²) in [5.41, 5.74) is 0.949. The normalized spacial score (nSPS) is 25.0. The molecule has 0 radical (unpaired) electrons. The van der Waals surface area contributed by atoms with E-state index in [0.717, 1.165) is 5.56 Å². The number of hydrogen-bond acceptors (Lipinski definition) is 5. The van der Waals surface area contributed by atoms with Crippen molar-refractivity contribution in [1.82, 2.24) is 4.90 Å². The maximum atomic E-state index is 13.2. The monoisotopic (exact) mass is 594 g/mol. The summed E-state index contributed by atoms with van der Waals surface area (Å²) >= 11 is 2.06. The van der Waals surface area contributed by atoms with E-state index >= 15 is 0 Å². The summed E-state index contributed by atoms with van der Waals surface area (Å²) in [5, 5.41) is 0. The topological polar surface area (TPSA) is 76.1 Å². The van der Waals surface area contributed by atoms with Crippen molar-refractivity contribution in [1.29, 1.82) is 0 Å². The Kier molecular flexibility index (Phi) is 6.07. The highest BCUT2D eigenvalue weighted by molar-refractivity contribution is 14.1. The Labute approximate surface area is 222 Å². The van der Waals surface area contributed by atoms with Crippen molar-refractivity contribution < 1.29 is 23.9 Å². The smallest absolute Gasteiger partial charge is 0.415 e. The highest BCUT2D eigenvalue weighted by Gasteiger charge is 2.52. The maximum Gasteiger partial charge on any atom is 0.415 e. The van der Waals surface area contributed by atoms with Crippen molar-refractivity contribution in [3.05, 3.63) is 106 Å². The van der Waals surface area contributed by atoms with Crippen molar-refractivity contribution in [2.75, 3.05) is 19.1 Å². The van der Waals surface area contributed by atoms with Crippen molar-refractivity contribution in [3.8, 4) is 0 Å². The molecule has 0 aromatic heterocycles. The Hall–Kier alpha value is -3.66. The summed E-state index contributed by atoms with van der Waals surface area (Å²) < 4.78 is 10.7. The van der Waals surface area contributed by atoms with Crippen LogP contribution in [0.5, 0.6) is 0 Å². The SMILES string of the molecule is COC(=O)/C=C1\c2ccccc2N(C(=O)OC)C12C=CC1(C=C2)C=C(I)C(=O)N1Cc1ccccc1. The van der Waals surface area contributed by atoms with Gasteiger partial charge in [0.25, 0.3) is 5.91 Å².